The van der Waals surface area contributed by atoms with Crippen LogP contribution in [0, 0.1) is 0 Å². The maximum Gasteiger partial charge on any atom is 0.357 e. The number of fused-ring (bicyclic) bond motifs is 1. The van der Waals surface area contributed by atoms with E-state index in [-0.39, 0.29) is 12.4 Å². The maximum absolute atomic E-state index is 12.8. The second kappa shape index (κ2) is 7.67. The monoisotopic (exact) mass is 404 g/mol. The van der Waals surface area contributed by atoms with Crippen LogP contribution in [-0.2, 0) is 4.74 Å². The molecule has 7 heteroatoms. The highest BCUT2D eigenvalue weighted by Crippen LogP contribution is 2.39. The average molecular weight is 404 g/mol. The Bertz CT molecular complexity index is 1100. The third-order valence-electron chi connectivity index (χ3n) is 5.13. The van der Waals surface area contributed by atoms with Gasteiger partial charge < -0.3 is 14.2 Å². The van der Waals surface area contributed by atoms with Gasteiger partial charge in [0.2, 0.25) is 0 Å². The van der Waals surface area contributed by atoms with Crippen molar-refractivity contribution in [3.63, 3.8) is 0 Å². The molecule has 2 aromatic carbocycles. The molecular weight excluding hydrogens is 384 g/mol. The summed E-state index contributed by atoms with van der Waals surface area (Å²) in [4.78, 5) is 25.3. The molecular formula is C23H20N2O5. The number of para-hydroxylation sites is 1. The number of carbonyl (C=O) groups excluding carboxylic acids is 2. The first-order valence-corrected chi connectivity index (χ1v) is 9.94. The van der Waals surface area contributed by atoms with Crippen LogP contribution in [0.4, 0.5) is 0 Å². The number of ether oxygens (including phenoxy) is 3. The number of carbonyl (C=O) groups is 2. The number of rotatable bonds is 6. The highest BCUT2D eigenvalue weighted by atomic mass is 16.6. The standard InChI is InChI=1S/C23H20N2O5/c26-20(16-8-9-21-22(12-16)29-11-10-28-21)14-30-23(27)19-13-18(15-6-7-15)24-25(19)17-4-2-1-3-5-17/h1-5,8-9,12-13,15H,6-7,10-11,14H2. The normalized spacial score (nSPS) is 14.9. The Morgan fingerprint density at radius 1 is 1.00 bits per heavy atom. The minimum absolute atomic E-state index is 0.312. The minimum Gasteiger partial charge on any atom is -0.486 e. The van der Waals surface area contributed by atoms with Crippen LogP contribution >= 0.6 is 0 Å². The molecule has 2 heterocycles. The van der Waals surface area contributed by atoms with Crippen molar-refractivity contribution < 1.29 is 23.8 Å². The Balaban J connectivity index is 1.32. The van der Waals surface area contributed by atoms with E-state index in [9.17, 15) is 9.59 Å². The molecule has 5 rings (SSSR count). The molecule has 1 aromatic heterocycles. The average Bonchev–Trinajstić information content (AvgIpc) is 3.55. The van der Waals surface area contributed by atoms with E-state index < -0.39 is 5.97 Å². The second-order valence-electron chi connectivity index (χ2n) is 7.33. The fraction of sp³-hybridized carbons (Fsp3) is 0.261. The largest absolute Gasteiger partial charge is 0.486 e. The number of ketones is 1. The van der Waals surface area contributed by atoms with Gasteiger partial charge in [-0.1, -0.05) is 18.2 Å². The summed E-state index contributed by atoms with van der Waals surface area (Å²) in [6.45, 7) is 0.555. The van der Waals surface area contributed by atoms with Gasteiger partial charge in [0.15, 0.2) is 29.6 Å². The smallest absolute Gasteiger partial charge is 0.357 e. The zero-order valence-electron chi connectivity index (χ0n) is 16.2. The van der Waals surface area contributed by atoms with Crippen molar-refractivity contribution in [1.82, 2.24) is 9.78 Å². The summed E-state index contributed by atoms with van der Waals surface area (Å²) in [7, 11) is 0. The Morgan fingerprint density at radius 2 is 1.77 bits per heavy atom. The Hall–Kier alpha value is -3.61. The van der Waals surface area contributed by atoms with Gasteiger partial charge in [0, 0.05) is 11.5 Å². The van der Waals surface area contributed by atoms with Gasteiger partial charge in [-0.2, -0.15) is 5.10 Å². The van der Waals surface area contributed by atoms with Crippen LogP contribution < -0.4 is 9.47 Å². The number of hydrogen-bond acceptors (Lipinski definition) is 6. The van der Waals surface area contributed by atoms with Gasteiger partial charge >= 0.3 is 5.97 Å². The van der Waals surface area contributed by atoms with E-state index in [4.69, 9.17) is 14.2 Å². The predicted octanol–water partition coefficient (Wildman–Crippen LogP) is 3.56. The molecule has 2 aliphatic rings. The molecule has 0 amide bonds. The van der Waals surface area contributed by atoms with Crippen molar-refractivity contribution in [2.45, 2.75) is 18.8 Å². The van der Waals surface area contributed by atoms with Gasteiger partial charge in [-0.3, -0.25) is 4.79 Å². The molecule has 0 radical (unpaired) electrons. The van der Waals surface area contributed by atoms with Crippen molar-refractivity contribution in [1.29, 1.82) is 0 Å². The molecule has 0 atom stereocenters. The molecule has 30 heavy (non-hydrogen) atoms. The van der Waals surface area contributed by atoms with Gasteiger partial charge in [0.1, 0.15) is 13.2 Å². The van der Waals surface area contributed by atoms with Crippen LogP contribution in [-0.4, -0.2) is 41.4 Å². The predicted molar refractivity (Wildman–Crippen MR) is 108 cm³/mol. The maximum atomic E-state index is 12.8. The molecule has 0 N–H and O–H groups in total. The molecule has 1 fully saturated rings. The molecule has 0 spiro atoms. The van der Waals surface area contributed by atoms with Gasteiger partial charge in [-0.15, -0.1) is 0 Å². The highest BCUT2D eigenvalue weighted by molar-refractivity contribution is 5.99. The Morgan fingerprint density at radius 3 is 2.53 bits per heavy atom. The van der Waals surface area contributed by atoms with E-state index in [0.717, 1.165) is 24.2 Å². The summed E-state index contributed by atoms with van der Waals surface area (Å²) < 4.78 is 17.9. The lowest BCUT2D eigenvalue weighted by atomic mass is 10.1. The first-order chi connectivity index (χ1) is 14.7. The van der Waals surface area contributed by atoms with Crippen molar-refractivity contribution >= 4 is 11.8 Å². The first-order valence-electron chi connectivity index (χ1n) is 9.94. The summed E-state index contributed by atoms with van der Waals surface area (Å²) in [6.07, 6.45) is 2.14. The zero-order valence-corrected chi connectivity index (χ0v) is 16.2. The Kier molecular flexibility index (Phi) is 4.71. The third-order valence-corrected chi connectivity index (χ3v) is 5.13. The van der Waals surface area contributed by atoms with Gasteiger partial charge in [-0.05, 0) is 49.2 Å². The van der Waals surface area contributed by atoms with Crippen LogP contribution in [0.1, 0.15) is 45.3 Å². The minimum atomic E-state index is -0.579. The third kappa shape index (κ3) is 3.66. The summed E-state index contributed by atoms with van der Waals surface area (Å²) in [5.41, 5.74) is 2.37. The van der Waals surface area contributed by atoms with E-state index >= 15 is 0 Å². The summed E-state index contributed by atoms with van der Waals surface area (Å²) >= 11 is 0. The quantitative estimate of drug-likeness (QED) is 0.462. The van der Waals surface area contributed by atoms with E-state index in [1.807, 2.05) is 30.3 Å². The van der Waals surface area contributed by atoms with Crippen molar-refractivity contribution in [3.8, 4) is 17.2 Å². The SMILES string of the molecule is O=C(COC(=O)c1cc(C2CC2)nn1-c1ccccc1)c1ccc2c(c1)OCCO2. The summed E-state index contributed by atoms with van der Waals surface area (Å²) in [5.74, 6) is 0.627. The van der Waals surface area contributed by atoms with E-state index in [1.165, 1.54) is 0 Å². The lowest BCUT2D eigenvalue weighted by Crippen LogP contribution is -2.18. The van der Waals surface area contributed by atoms with E-state index in [0.29, 0.717) is 41.9 Å². The fourth-order valence-corrected chi connectivity index (χ4v) is 3.39. The van der Waals surface area contributed by atoms with Gasteiger partial charge in [-0.25, -0.2) is 9.48 Å². The molecule has 1 aliphatic carbocycles. The molecule has 0 saturated heterocycles. The zero-order chi connectivity index (χ0) is 20.5. The molecule has 0 bridgehead atoms. The van der Waals surface area contributed by atoms with Crippen molar-refractivity contribution in [2.24, 2.45) is 0 Å². The van der Waals surface area contributed by atoms with E-state index in [1.54, 1.807) is 28.9 Å². The number of hydrogen-bond donors (Lipinski definition) is 0. The number of benzene rings is 2. The highest BCUT2D eigenvalue weighted by Gasteiger charge is 2.29. The van der Waals surface area contributed by atoms with Crippen LogP contribution in [0.5, 0.6) is 11.5 Å². The summed E-state index contributed by atoms with van der Waals surface area (Å²) in [5, 5.41) is 4.60. The van der Waals surface area contributed by atoms with Crippen molar-refractivity contribution in [3.05, 3.63) is 71.5 Å². The number of Topliss-reactive ketones (excluding diaryl/α,β-unsaturated/α-hetero) is 1. The molecule has 1 aliphatic heterocycles. The van der Waals surface area contributed by atoms with Crippen molar-refractivity contribution in [2.75, 3.05) is 19.8 Å². The first kappa shape index (κ1) is 18.4. The number of esters is 1. The van der Waals surface area contributed by atoms with E-state index in [2.05, 4.69) is 5.10 Å². The van der Waals surface area contributed by atoms with Crippen LogP contribution in [0.3, 0.4) is 0 Å². The summed E-state index contributed by atoms with van der Waals surface area (Å²) in [6, 6.07) is 16.1. The topological polar surface area (TPSA) is 79.7 Å². The number of aromatic nitrogens is 2. The molecule has 3 aromatic rings. The lowest BCUT2D eigenvalue weighted by molar-refractivity contribution is 0.0465. The van der Waals surface area contributed by atoms with Gasteiger partial charge in [0.05, 0.1) is 11.4 Å². The van der Waals surface area contributed by atoms with Crippen LogP contribution in [0.2, 0.25) is 0 Å². The molecule has 152 valence electrons. The Labute approximate surface area is 173 Å². The van der Waals surface area contributed by atoms with Crippen LogP contribution in [0.25, 0.3) is 5.69 Å². The fourth-order valence-electron chi connectivity index (χ4n) is 3.39. The van der Waals surface area contributed by atoms with Gasteiger partial charge in [0.25, 0.3) is 0 Å². The lowest BCUT2D eigenvalue weighted by Gasteiger charge is -2.18. The second-order valence-corrected chi connectivity index (χ2v) is 7.33. The number of nitrogens with zero attached hydrogens (tertiary/aromatic N) is 2. The molecule has 7 nitrogen and oxygen atoms in total. The molecule has 0 unspecified atom stereocenters. The molecule has 1 saturated carbocycles. The van der Waals surface area contributed by atoms with Crippen LogP contribution in [0.15, 0.2) is 54.6 Å².